The molecule has 0 saturated heterocycles. The molecule has 0 N–H and O–H groups in total. The lowest BCUT2D eigenvalue weighted by molar-refractivity contribution is -0.138. The summed E-state index contributed by atoms with van der Waals surface area (Å²) in [7, 11) is 1.53. The highest BCUT2D eigenvalue weighted by Gasteiger charge is 2.35. The third kappa shape index (κ3) is 5.62. The molecular formula is C32H25BrN2O5S. The molecule has 1 aromatic heterocycles. The van der Waals surface area contributed by atoms with Gasteiger partial charge in [-0.05, 0) is 52.2 Å². The SMILES string of the molecule is C#CCOc1c(Br)cc(/C=c2\sc3n(c2=O)[C@@H](c2ccccc2)C(C(=O)OCC)=C(c2ccccc2)N=3)cc1OC. The summed E-state index contributed by atoms with van der Waals surface area (Å²) in [5, 5.41) is 0. The van der Waals surface area contributed by atoms with Crippen LogP contribution in [0, 0.1) is 12.3 Å². The first-order chi connectivity index (χ1) is 20.0. The molecule has 3 aromatic carbocycles. The van der Waals surface area contributed by atoms with E-state index in [0.29, 0.717) is 42.1 Å². The zero-order valence-electron chi connectivity index (χ0n) is 22.3. The number of esters is 1. The van der Waals surface area contributed by atoms with Crippen LogP contribution in [0.25, 0.3) is 11.8 Å². The molecule has 9 heteroatoms. The molecule has 0 radical (unpaired) electrons. The van der Waals surface area contributed by atoms with Gasteiger partial charge in [-0.15, -0.1) is 6.42 Å². The van der Waals surface area contributed by atoms with Crippen LogP contribution in [0.2, 0.25) is 0 Å². The fourth-order valence-corrected chi connectivity index (χ4v) is 6.19. The van der Waals surface area contributed by atoms with Gasteiger partial charge in [-0.2, -0.15) is 0 Å². The second-order valence-electron chi connectivity index (χ2n) is 8.87. The highest BCUT2D eigenvalue weighted by molar-refractivity contribution is 9.10. The summed E-state index contributed by atoms with van der Waals surface area (Å²) in [4.78, 5) is 32.9. The van der Waals surface area contributed by atoms with Crippen LogP contribution in [0.15, 0.2) is 92.6 Å². The number of terminal acetylenes is 1. The number of halogens is 1. The molecule has 41 heavy (non-hydrogen) atoms. The quantitative estimate of drug-likeness (QED) is 0.208. The van der Waals surface area contributed by atoms with Crippen molar-refractivity contribution in [1.82, 2.24) is 4.57 Å². The van der Waals surface area contributed by atoms with Gasteiger partial charge in [0.1, 0.15) is 6.61 Å². The van der Waals surface area contributed by atoms with Gasteiger partial charge < -0.3 is 14.2 Å². The van der Waals surface area contributed by atoms with Crippen LogP contribution in [-0.2, 0) is 9.53 Å². The highest BCUT2D eigenvalue weighted by Crippen LogP contribution is 2.37. The molecule has 2 heterocycles. The number of benzene rings is 3. The third-order valence-electron chi connectivity index (χ3n) is 6.34. The number of thiazole rings is 1. The zero-order chi connectivity index (χ0) is 28.9. The smallest absolute Gasteiger partial charge is 0.338 e. The summed E-state index contributed by atoms with van der Waals surface area (Å²) in [6, 6.07) is 21.7. The first kappa shape index (κ1) is 28.1. The molecule has 1 atom stereocenters. The van der Waals surface area contributed by atoms with Gasteiger partial charge in [-0.1, -0.05) is 77.9 Å². The Morgan fingerprint density at radius 1 is 1.15 bits per heavy atom. The number of hydrogen-bond donors (Lipinski definition) is 0. The lowest BCUT2D eigenvalue weighted by atomic mass is 9.93. The van der Waals surface area contributed by atoms with Crippen LogP contribution >= 0.6 is 27.3 Å². The summed E-state index contributed by atoms with van der Waals surface area (Å²) >= 11 is 4.77. The van der Waals surface area contributed by atoms with E-state index in [2.05, 4.69) is 21.9 Å². The van der Waals surface area contributed by atoms with Gasteiger partial charge in [0.15, 0.2) is 16.3 Å². The maximum absolute atomic E-state index is 14.0. The second-order valence-corrected chi connectivity index (χ2v) is 10.7. The fourth-order valence-electron chi connectivity index (χ4n) is 4.62. The van der Waals surface area contributed by atoms with Gasteiger partial charge in [0.05, 0.1) is 40.0 Å². The Bertz CT molecular complexity index is 1850. The van der Waals surface area contributed by atoms with Crippen LogP contribution in [-0.4, -0.2) is 30.9 Å². The lowest BCUT2D eigenvalue weighted by Gasteiger charge is -2.25. The molecule has 0 amide bonds. The minimum absolute atomic E-state index is 0.0823. The summed E-state index contributed by atoms with van der Waals surface area (Å²) < 4.78 is 19.3. The van der Waals surface area contributed by atoms with Crippen LogP contribution in [0.4, 0.5) is 0 Å². The number of ether oxygens (including phenoxy) is 3. The number of aromatic nitrogens is 1. The Morgan fingerprint density at radius 2 is 1.85 bits per heavy atom. The number of methoxy groups -OCH3 is 1. The van der Waals surface area contributed by atoms with Crippen molar-refractivity contribution in [2.24, 2.45) is 4.99 Å². The number of fused-ring (bicyclic) bond motifs is 1. The normalized spacial score (nSPS) is 14.6. The molecule has 0 spiro atoms. The summed E-state index contributed by atoms with van der Waals surface area (Å²) in [6.07, 6.45) is 7.11. The topological polar surface area (TPSA) is 79.1 Å². The van der Waals surface area contributed by atoms with Crippen molar-refractivity contribution in [2.75, 3.05) is 20.3 Å². The standard InChI is InChI=1S/C32H25BrN2O5S/c1-4-16-40-29-23(33)17-20(18-24(29)38-3)19-25-30(36)35-28(22-14-10-7-11-15-22)26(31(37)39-5-2)27(34-32(35)41-25)21-12-8-6-9-13-21/h1,6-15,17-19,28H,5,16H2,2-3H3/b25-19-/t28-/m0/s1. The number of carbonyl (C=O) groups excluding carboxylic acids is 1. The first-order valence-electron chi connectivity index (χ1n) is 12.7. The van der Waals surface area contributed by atoms with Crippen molar-refractivity contribution in [3.63, 3.8) is 0 Å². The van der Waals surface area contributed by atoms with E-state index in [0.717, 1.165) is 11.1 Å². The predicted octanol–water partition coefficient (Wildman–Crippen LogP) is 4.72. The van der Waals surface area contributed by atoms with Crippen molar-refractivity contribution in [3.05, 3.63) is 119 Å². The molecule has 5 rings (SSSR count). The van der Waals surface area contributed by atoms with E-state index in [4.69, 9.17) is 25.6 Å². The highest BCUT2D eigenvalue weighted by atomic mass is 79.9. The zero-order valence-corrected chi connectivity index (χ0v) is 24.7. The van der Waals surface area contributed by atoms with E-state index >= 15 is 0 Å². The molecule has 0 unspecified atom stereocenters. The Labute approximate surface area is 249 Å². The van der Waals surface area contributed by atoms with Crippen molar-refractivity contribution in [1.29, 1.82) is 0 Å². The molecule has 1 aliphatic heterocycles. The minimum Gasteiger partial charge on any atom is -0.493 e. The van der Waals surface area contributed by atoms with Gasteiger partial charge in [-0.3, -0.25) is 9.36 Å². The lowest BCUT2D eigenvalue weighted by Crippen LogP contribution is -2.39. The van der Waals surface area contributed by atoms with Crippen LogP contribution in [0.1, 0.15) is 29.7 Å². The van der Waals surface area contributed by atoms with E-state index in [-0.39, 0.29) is 18.8 Å². The third-order valence-corrected chi connectivity index (χ3v) is 7.91. The van der Waals surface area contributed by atoms with Crippen LogP contribution in [0.3, 0.4) is 0 Å². The number of rotatable bonds is 8. The Hall–Kier alpha value is -4.39. The molecular weight excluding hydrogens is 604 g/mol. The van der Waals surface area contributed by atoms with Crippen molar-refractivity contribution < 1.29 is 19.0 Å². The van der Waals surface area contributed by atoms with Gasteiger partial charge in [0, 0.05) is 5.56 Å². The second kappa shape index (κ2) is 12.4. The maximum atomic E-state index is 14.0. The molecule has 0 aliphatic carbocycles. The van der Waals surface area contributed by atoms with E-state index in [1.54, 1.807) is 23.6 Å². The van der Waals surface area contributed by atoms with E-state index in [1.807, 2.05) is 66.7 Å². The average Bonchev–Trinajstić information content (AvgIpc) is 3.30. The monoisotopic (exact) mass is 628 g/mol. The average molecular weight is 630 g/mol. The summed E-state index contributed by atoms with van der Waals surface area (Å²) in [6.45, 7) is 2.02. The first-order valence-corrected chi connectivity index (χ1v) is 14.3. The Balaban J connectivity index is 1.76. The molecule has 7 nitrogen and oxygen atoms in total. The largest absolute Gasteiger partial charge is 0.493 e. The number of hydrogen-bond acceptors (Lipinski definition) is 7. The van der Waals surface area contributed by atoms with Gasteiger partial charge in [0.2, 0.25) is 0 Å². The molecule has 0 fully saturated rings. The van der Waals surface area contributed by atoms with E-state index in [1.165, 1.54) is 18.4 Å². The molecule has 0 bridgehead atoms. The van der Waals surface area contributed by atoms with Gasteiger partial charge in [0.25, 0.3) is 5.56 Å². The van der Waals surface area contributed by atoms with Gasteiger partial charge >= 0.3 is 5.97 Å². The Morgan fingerprint density at radius 3 is 2.51 bits per heavy atom. The van der Waals surface area contributed by atoms with Gasteiger partial charge in [-0.25, -0.2) is 9.79 Å². The van der Waals surface area contributed by atoms with E-state index < -0.39 is 12.0 Å². The number of nitrogens with zero attached hydrogens (tertiary/aromatic N) is 2. The van der Waals surface area contributed by atoms with Crippen molar-refractivity contribution in [2.45, 2.75) is 13.0 Å². The Kier molecular flexibility index (Phi) is 8.53. The molecule has 0 saturated carbocycles. The summed E-state index contributed by atoms with van der Waals surface area (Å²) in [5.41, 5.74) is 2.74. The van der Waals surface area contributed by atoms with Crippen molar-refractivity contribution >= 4 is 45.0 Å². The van der Waals surface area contributed by atoms with Crippen LogP contribution in [0.5, 0.6) is 11.5 Å². The van der Waals surface area contributed by atoms with Crippen LogP contribution < -0.4 is 24.4 Å². The molecule has 1 aliphatic rings. The predicted molar refractivity (Wildman–Crippen MR) is 163 cm³/mol. The number of carbonyl (C=O) groups is 1. The minimum atomic E-state index is -0.732. The van der Waals surface area contributed by atoms with Crippen molar-refractivity contribution in [3.8, 4) is 23.8 Å². The molecule has 4 aromatic rings. The fraction of sp³-hybridized carbons (Fsp3) is 0.156. The maximum Gasteiger partial charge on any atom is 0.338 e. The summed E-state index contributed by atoms with van der Waals surface area (Å²) in [5.74, 6) is 2.86. The molecule has 206 valence electrons. The van der Waals surface area contributed by atoms with E-state index in [9.17, 15) is 9.59 Å².